The van der Waals surface area contributed by atoms with Crippen LogP contribution in [-0.4, -0.2) is 46.5 Å². The average Bonchev–Trinajstić information content (AvgIpc) is 2.64. The van der Waals surface area contributed by atoms with Crippen molar-refractivity contribution in [3.05, 3.63) is 35.9 Å². The highest BCUT2D eigenvalue weighted by Crippen LogP contribution is 2.27. The summed E-state index contributed by atoms with van der Waals surface area (Å²) in [5.41, 5.74) is 0.205. The lowest BCUT2D eigenvalue weighted by atomic mass is 10.0. The summed E-state index contributed by atoms with van der Waals surface area (Å²) in [4.78, 5) is 44.3. The fourth-order valence-corrected chi connectivity index (χ4v) is 3.03. The van der Waals surface area contributed by atoms with Gasteiger partial charge in [0.1, 0.15) is 11.6 Å². The Kier molecular flexibility index (Phi) is 5.02. The third-order valence-corrected chi connectivity index (χ3v) is 4.80. The highest BCUT2D eigenvalue weighted by atomic mass is 16.2. The minimum absolute atomic E-state index is 0.0721. The van der Waals surface area contributed by atoms with Crippen molar-refractivity contribution in [2.45, 2.75) is 46.1 Å². The van der Waals surface area contributed by atoms with E-state index >= 15 is 0 Å². The zero-order valence-corrected chi connectivity index (χ0v) is 15.8. The van der Waals surface area contributed by atoms with Gasteiger partial charge < -0.3 is 20.9 Å². The fourth-order valence-electron chi connectivity index (χ4n) is 3.03. The lowest BCUT2D eigenvalue weighted by molar-refractivity contribution is -0.128. The summed E-state index contributed by atoms with van der Waals surface area (Å²) in [6.07, 6.45) is 1.39. The summed E-state index contributed by atoms with van der Waals surface area (Å²) in [6.45, 7) is 7.32. The minimum atomic E-state index is -0.831. The zero-order valence-electron chi connectivity index (χ0n) is 15.8. The number of carbonyl (C=O) groups excluding carboxylic acids is 3. The first-order valence-corrected chi connectivity index (χ1v) is 8.91. The van der Waals surface area contributed by atoms with E-state index < -0.39 is 12.2 Å². The van der Waals surface area contributed by atoms with Gasteiger partial charge in [0.25, 0.3) is 5.91 Å². The van der Waals surface area contributed by atoms with E-state index in [1.807, 2.05) is 13.8 Å². The maximum atomic E-state index is 13.3. The molecule has 0 saturated heterocycles. The molecule has 0 aromatic carbocycles. The van der Waals surface area contributed by atoms with Gasteiger partial charge >= 0.3 is 0 Å². The van der Waals surface area contributed by atoms with E-state index in [1.54, 1.807) is 38.2 Å². The number of amides is 3. The first-order chi connectivity index (χ1) is 12.8. The summed E-state index contributed by atoms with van der Waals surface area (Å²) in [5, 5.41) is 9.18. The monoisotopic (exact) mass is 372 g/mol. The van der Waals surface area contributed by atoms with Crippen molar-refractivity contribution >= 4 is 24.0 Å². The minimum Gasteiger partial charge on any atom is -0.365 e. The number of nitrogens with one attached hydrogen (secondary N) is 3. The average molecular weight is 372 g/mol. The molecule has 3 heterocycles. The lowest BCUT2D eigenvalue weighted by Crippen LogP contribution is -2.68. The van der Waals surface area contributed by atoms with Gasteiger partial charge in [-0.3, -0.25) is 19.3 Å². The molecule has 0 bridgehead atoms. The molecular weight excluding hydrogens is 348 g/mol. The lowest BCUT2D eigenvalue weighted by Gasteiger charge is -2.46. The number of carbonyl (C=O) groups is 3. The molecule has 0 saturated carbocycles. The molecule has 9 heteroatoms. The van der Waals surface area contributed by atoms with Crippen molar-refractivity contribution in [2.24, 2.45) is 5.92 Å². The van der Waals surface area contributed by atoms with Crippen LogP contribution in [0, 0.1) is 5.92 Å². The van der Waals surface area contributed by atoms with Crippen LogP contribution in [0.2, 0.25) is 0 Å². The van der Waals surface area contributed by atoms with Crippen molar-refractivity contribution in [1.82, 2.24) is 25.8 Å². The van der Waals surface area contributed by atoms with Crippen molar-refractivity contribution < 1.29 is 14.4 Å². The zero-order chi connectivity index (χ0) is 19.7. The Hall–Kier alpha value is -3.10. The Morgan fingerprint density at radius 1 is 1.30 bits per heavy atom. The summed E-state index contributed by atoms with van der Waals surface area (Å²) >= 11 is 0. The van der Waals surface area contributed by atoms with Gasteiger partial charge in [-0.05, 0) is 26.0 Å². The number of hydrogen-bond acceptors (Lipinski definition) is 6. The SMILES string of the molecule is CC(C)C(=O)N[C@H]1NC2=C(C(=O)N1c1ccccn1)N(C=O)[C@H](C)[C@@H](C)N2. The van der Waals surface area contributed by atoms with Crippen LogP contribution >= 0.6 is 0 Å². The third kappa shape index (κ3) is 3.32. The maximum absolute atomic E-state index is 13.3. The molecule has 0 unspecified atom stereocenters. The molecule has 1 aromatic rings. The number of pyridine rings is 1. The molecule has 0 aliphatic carbocycles. The Balaban J connectivity index is 2.05. The van der Waals surface area contributed by atoms with E-state index in [-0.39, 0.29) is 29.6 Å². The molecule has 3 amide bonds. The molecule has 1 aromatic heterocycles. The Bertz CT molecular complexity index is 779. The second-order valence-electron chi connectivity index (χ2n) is 6.98. The van der Waals surface area contributed by atoms with Gasteiger partial charge in [-0.2, -0.15) is 0 Å². The number of nitrogens with zero attached hydrogens (tertiary/aromatic N) is 3. The third-order valence-electron chi connectivity index (χ3n) is 4.80. The fraction of sp³-hybridized carbons (Fsp3) is 0.444. The van der Waals surface area contributed by atoms with Gasteiger partial charge in [-0.1, -0.05) is 19.9 Å². The molecule has 27 heavy (non-hydrogen) atoms. The van der Waals surface area contributed by atoms with Crippen LogP contribution < -0.4 is 20.9 Å². The molecule has 3 atom stereocenters. The second-order valence-corrected chi connectivity index (χ2v) is 6.98. The quantitative estimate of drug-likeness (QED) is 0.647. The Morgan fingerprint density at radius 2 is 2.04 bits per heavy atom. The molecule has 9 nitrogen and oxygen atoms in total. The van der Waals surface area contributed by atoms with Gasteiger partial charge in [0.05, 0.1) is 6.04 Å². The summed E-state index contributed by atoms with van der Waals surface area (Å²) in [5.74, 6) is -0.108. The molecule has 3 rings (SSSR count). The maximum Gasteiger partial charge on any atom is 0.283 e. The number of anilines is 1. The normalized spacial score (nSPS) is 24.9. The van der Waals surface area contributed by atoms with E-state index in [9.17, 15) is 14.4 Å². The van der Waals surface area contributed by atoms with Gasteiger partial charge in [0.2, 0.25) is 12.3 Å². The topological polar surface area (TPSA) is 107 Å². The van der Waals surface area contributed by atoms with Crippen LogP contribution in [0.1, 0.15) is 27.7 Å². The van der Waals surface area contributed by atoms with Crippen LogP contribution in [0.15, 0.2) is 35.9 Å². The number of rotatable bonds is 4. The largest absolute Gasteiger partial charge is 0.365 e. The van der Waals surface area contributed by atoms with Gasteiger partial charge in [-0.25, -0.2) is 4.98 Å². The highest BCUT2D eigenvalue weighted by Gasteiger charge is 2.44. The van der Waals surface area contributed by atoms with Crippen molar-refractivity contribution in [3.8, 4) is 0 Å². The first kappa shape index (κ1) is 18.7. The van der Waals surface area contributed by atoms with E-state index in [0.717, 1.165) is 0 Å². The van der Waals surface area contributed by atoms with Crippen molar-refractivity contribution in [1.29, 1.82) is 0 Å². The van der Waals surface area contributed by atoms with Crippen LogP contribution in [-0.2, 0) is 14.4 Å². The van der Waals surface area contributed by atoms with E-state index in [4.69, 9.17) is 0 Å². The van der Waals surface area contributed by atoms with Crippen LogP contribution in [0.4, 0.5) is 5.82 Å². The van der Waals surface area contributed by atoms with E-state index in [2.05, 4.69) is 20.9 Å². The van der Waals surface area contributed by atoms with Gasteiger partial charge in [-0.15, -0.1) is 0 Å². The molecule has 2 aliphatic heterocycles. The molecule has 0 fully saturated rings. The van der Waals surface area contributed by atoms with Crippen molar-refractivity contribution in [2.75, 3.05) is 4.90 Å². The molecule has 0 radical (unpaired) electrons. The molecule has 0 spiro atoms. The summed E-state index contributed by atoms with van der Waals surface area (Å²) in [6, 6.07) is 4.88. The highest BCUT2D eigenvalue weighted by molar-refractivity contribution is 6.08. The summed E-state index contributed by atoms with van der Waals surface area (Å²) < 4.78 is 0. The van der Waals surface area contributed by atoms with Crippen molar-refractivity contribution in [3.63, 3.8) is 0 Å². The first-order valence-electron chi connectivity index (χ1n) is 8.91. The van der Waals surface area contributed by atoms with E-state index in [1.165, 1.54) is 9.80 Å². The van der Waals surface area contributed by atoms with Crippen LogP contribution in [0.25, 0.3) is 0 Å². The van der Waals surface area contributed by atoms with Crippen LogP contribution in [0.3, 0.4) is 0 Å². The standard InChI is InChI=1S/C18H24N6O3/c1-10(2)16(26)22-18-21-15-14(23(9-25)12(4)11(3)20-15)17(27)24(18)13-7-5-6-8-19-13/h5-12,18,20-21H,1-4H3,(H,22,26)/t11-,12-,18-/m1/s1. The number of hydrogen-bond donors (Lipinski definition) is 3. The Labute approximate surface area is 157 Å². The van der Waals surface area contributed by atoms with Gasteiger partial charge in [0, 0.05) is 18.2 Å². The molecular formula is C18H24N6O3. The molecule has 3 N–H and O–H groups in total. The smallest absolute Gasteiger partial charge is 0.283 e. The molecule has 2 aliphatic rings. The molecule has 144 valence electrons. The second kappa shape index (κ2) is 7.26. The number of aromatic nitrogens is 1. The predicted molar refractivity (Wildman–Crippen MR) is 98.6 cm³/mol. The Morgan fingerprint density at radius 3 is 2.63 bits per heavy atom. The van der Waals surface area contributed by atoms with E-state index in [0.29, 0.717) is 18.0 Å². The summed E-state index contributed by atoms with van der Waals surface area (Å²) in [7, 11) is 0. The van der Waals surface area contributed by atoms with Gasteiger partial charge in [0.15, 0.2) is 12.0 Å². The van der Waals surface area contributed by atoms with Crippen LogP contribution in [0.5, 0.6) is 0 Å². The predicted octanol–water partition coefficient (Wildman–Crippen LogP) is 0.0813.